The summed E-state index contributed by atoms with van der Waals surface area (Å²) in [6.07, 6.45) is 3.84. The predicted molar refractivity (Wildman–Crippen MR) is 120 cm³/mol. The number of aromatic nitrogens is 4. The second-order valence-electron chi connectivity index (χ2n) is 7.99. The SMILES string of the molecule is Cc1nc2ccc(-c3cnn(-c4cccc(CN5CCOCC5)c4)c3)cc2c(=O)n1C. The molecule has 0 N–H and O–H groups in total. The molecule has 2 aromatic heterocycles. The zero-order chi connectivity index (χ0) is 21.4. The lowest BCUT2D eigenvalue weighted by Gasteiger charge is -2.26. The lowest BCUT2D eigenvalue weighted by atomic mass is 10.1. The van der Waals surface area contributed by atoms with Crippen LogP contribution < -0.4 is 5.56 Å². The summed E-state index contributed by atoms with van der Waals surface area (Å²) in [5, 5.41) is 5.19. The molecule has 1 aliphatic heterocycles. The molecule has 5 rings (SSSR count). The number of fused-ring (bicyclic) bond motifs is 1. The van der Waals surface area contributed by atoms with Crippen LogP contribution in [0.3, 0.4) is 0 Å². The molecule has 7 nitrogen and oxygen atoms in total. The molecule has 0 bridgehead atoms. The van der Waals surface area contributed by atoms with Crippen molar-refractivity contribution in [3.8, 4) is 16.8 Å². The molecule has 0 radical (unpaired) electrons. The Labute approximate surface area is 180 Å². The van der Waals surface area contributed by atoms with Crippen LogP contribution in [0.2, 0.25) is 0 Å². The van der Waals surface area contributed by atoms with Crippen molar-refractivity contribution < 1.29 is 4.74 Å². The number of ether oxygens (including phenoxy) is 1. The van der Waals surface area contributed by atoms with Crippen molar-refractivity contribution in [2.75, 3.05) is 26.3 Å². The van der Waals surface area contributed by atoms with Crippen molar-refractivity contribution in [3.63, 3.8) is 0 Å². The molecule has 0 saturated carbocycles. The van der Waals surface area contributed by atoms with E-state index in [2.05, 4.69) is 39.2 Å². The van der Waals surface area contributed by atoms with Crippen LogP contribution in [0.25, 0.3) is 27.7 Å². The Balaban J connectivity index is 1.44. The van der Waals surface area contributed by atoms with Crippen LogP contribution in [0.15, 0.2) is 59.7 Å². The Morgan fingerprint density at radius 1 is 1.06 bits per heavy atom. The van der Waals surface area contributed by atoms with Gasteiger partial charge in [-0.1, -0.05) is 18.2 Å². The third-order valence-electron chi connectivity index (χ3n) is 5.90. The van der Waals surface area contributed by atoms with E-state index in [0.29, 0.717) is 16.7 Å². The number of rotatable bonds is 4. The molecule has 7 heteroatoms. The van der Waals surface area contributed by atoms with Gasteiger partial charge in [-0.25, -0.2) is 9.67 Å². The highest BCUT2D eigenvalue weighted by atomic mass is 16.5. The highest BCUT2D eigenvalue weighted by molar-refractivity contribution is 5.83. The molecule has 31 heavy (non-hydrogen) atoms. The van der Waals surface area contributed by atoms with Crippen molar-refractivity contribution in [2.45, 2.75) is 13.5 Å². The monoisotopic (exact) mass is 415 g/mol. The van der Waals surface area contributed by atoms with Gasteiger partial charge in [-0.3, -0.25) is 14.3 Å². The van der Waals surface area contributed by atoms with Crippen LogP contribution in [-0.2, 0) is 18.3 Å². The number of aryl methyl sites for hydroxylation is 1. The van der Waals surface area contributed by atoms with E-state index in [-0.39, 0.29) is 5.56 Å². The first-order valence-corrected chi connectivity index (χ1v) is 10.5. The molecule has 0 aliphatic carbocycles. The maximum atomic E-state index is 12.7. The molecular formula is C24H25N5O2. The average molecular weight is 415 g/mol. The fourth-order valence-corrected chi connectivity index (χ4v) is 3.99. The van der Waals surface area contributed by atoms with Crippen LogP contribution in [-0.4, -0.2) is 50.5 Å². The maximum absolute atomic E-state index is 12.7. The van der Waals surface area contributed by atoms with Crippen molar-refractivity contribution in [1.29, 1.82) is 0 Å². The van der Waals surface area contributed by atoms with Gasteiger partial charge >= 0.3 is 0 Å². The second kappa shape index (κ2) is 8.09. The Bertz CT molecular complexity index is 1300. The van der Waals surface area contributed by atoms with Gasteiger partial charge in [-0.15, -0.1) is 0 Å². The van der Waals surface area contributed by atoms with E-state index in [1.807, 2.05) is 42.2 Å². The standard InChI is InChI=1S/C24H25N5O2/c1-17-26-23-7-6-19(13-22(23)24(30)27(17)2)20-14-25-29(16-20)21-5-3-4-18(12-21)15-28-8-10-31-11-9-28/h3-7,12-14,16H,8-11,15H2,1-2H3. The summed E-state index contributed by atoms with van der Waals surface area (Å²) >= 11 is 0. The normalized spacial score (nSPS) is 14.9. The first-order chi connectivity index (χ1) is 15.1. The Morgan fingerprint density at radius 3 is 2.74 bits per heavy atom. The lowest BCUT2D eigenvalue weighted by Crippen LogP contribution is -2.35. The summed E-state index contributed by atoms with van der Waals surface area (Å²) < 4.78 is 8.90. The van der Waals surface area contributed by atoms with Gasteiger partial charge in [-0.05, 0) is 42.3 Å². The van der Waals surface area contributed by atoms with E-state index in [1.54, 1.807) is 11.6 Å². The van der Waals surface area contributed by atoms with E-state index >= 15 is 0 Å². The van der Waals surface area contributed by atoms with Crippen LogP contribution in [0.4, 0.5) is 0 Å². The summed E-state index contributed by atoms with van der Waals surface area (Å²) in [4.78, 5) is 19.6. The van der Waals surface area contributed by atoms with E-state index in [4.69, 9.17) is 4.74 Å². The molecule has 1 saturated heterocycles. The third-order valence-corrected chi connectivity index (χ3v) is 5.90. The van der Waals surface area contributed by atoms with Crippen LogP contribution in [0.5, 0.6) is 0 Å². The second-order valence-corrected chi connectivity index (χ2v) is 7.99. The van der Waals surface area contributed by atoms with Gasteiger partial charge in [0.05, 0.1) is 36.0 Å². The molecule has 0 atom stereocenters. The molecule has 0 spiro atoms. The Hall–Kier alpha value is -3.29. The summed E-state index contributed by atoms with van der Waals surface area (Å²) in [6, 6.07) is 14.2. The van der Waals surface area contributed by atoms with Crippen molar-refractivity contribution in [3.05, 3.63) is 76.6 Å². The molecule has 3 heterocycles. The number of morpholine rings is 1. The van der Waals surface area contributed by atoms with Gasteiger partial charge in [0.2, 0.25) is 0 Å². The first-order valence-electron chi connectivity index (χ1n) is 10.5. The van der Waals surface area contributed by atoms with Crippen molar-refractivity contribution in [2.24, 2.45) is 7.05 Å². The summed E-state index contributed by atoms with van der Waals surface area (Å²) in [5.74, 6) is 0.704. The number of benzene rings is 2. The number of nitrogens with zero attached hydrogens (tertiary/aromatic N) is 5. The third kappa shape index (κ3) is 3.89. The van der Waals surface area contributed by atoms with Crippen molar-refractivity contribution >= 4 is 10.9 Å². The van der Waals surface area contributed by atoms with Crippen LogP contribution in [0, 0.1) is 6.92 Å². The van der Waals surface area contributed by atoms with Gasteiger partial charge in [0.15, 0.2) is 0 Å². The zero-order valence-corrected chi connectivity index (χ0v) is 17.8. The molecule has 0 amide bonds. The quantitative estimate of drug-likeness (QED) is 0.513. The van der Waals surface area contributed by atoms with Crippen LogP contribution >= 0.6 is 0 Å². The van der Waals surface area contributed by atoms with Crippen LogP contribution in [0.1, 0.15) is 11.4 Å². The van der Waals surface area contributed by atoms with Gasteiger partial charge < -0.3 is 4.74 Å². The minimum absolute atomic E-state index is 0.0347. The lowest BCUT2D eigenvalue weighted by molar-refractivity contribution is 0.0342. The highest BCUT2D eigenvalue weighted by Crippen LogP contribution is 2.23. The first kappa shape index (κ1) is 19.7. The van der Waals surface area contributed by atoms with Crippen molar-refractivity contribution in [1.82, 2.24) is 24.2 Å². The molecule has 1 aliphatic rings. The number of hydrogen-bond donors (Lipinski definition) is 0. The zero-order valence-electron chi connectivity index (χ0n) is 17.8. The van der Waals surface area contributed by atoms with Gasteiger partial charge in [0.25, 0.3) is 5.56 Å². The molecule has 1 fully saturated rings. The van der Waals surface area contributed by atoms with E-state index in [0.717, 1.165) is 49.7 Å². The fourth-order valence-electron chi connectivity index (χ4n) is 3.99. The topological polar surface area (TPSA) is 65.2 Å². The minimum atomic E-state index is -0.0347. The van der Waals surface area contributed by atoms with Gasteiger partial charge in [0, 0.05) is 38.4 Å². The van der Waals surface area contributed by atoms with E-state index in [1.165, 1.54) is 5.56 Å². The fraction of sp³-hybridized carbons (Fsp3) is 0.292. The maximum Gasteiger partial charge on any atom is 0.261 e. The number of hydrogen-bond acceptors (Lipinski definition) is 5. The smallest absolute Gasteiger partial charge is 0.261 e. The molecular weight excluding hydrogens is 390 g/mol. The summed E-state index contributed by atoms with van der Waals surface area (Å²) in [6.45, 7) is 6.27. The van der Waals surface area contributed by atoms with E-state index < -0.39 is 0 Å². The largest absolute Gasteiger partial charge is 0.379 e. The Kier molecular flexibility index (Phi) is 5.13. The molecule has 2 aromatic carbocycles. The highest BCUT2D eigenvalue weighted by Gasteiger charge is 2.12. The average Bonchev–Trinajstić information content (AvgIpc) is 3.29. The molecule has 0 unspecified atom stereocenters. The molecule has 4 aromatic rings. The summed E-state index contributed by atoms with van der Waals surface area (Å²) in [5.41, 5.74) is 4.87. The van der Waals surface area contributed by atoms with Gasteiger partial charge in [-0.2, -0.15) is 5.10 Å². The minimum Gasteiger partial charge on any atom is -0.379 e. The van der Waals surface area contributed by atoms with Gasteiger partial charge in [0.1, 0.15) is 5.82 Å². The molecule has 158 valence electrons. The Morgan fingerprint density at radius 2 is 1.90 bits per heavy atom. The summed E-state index contributed by atoms with van der Waals surface area (Å²) in [7, 11) is 1.75. The predicted octanol–water partition coefficient (Wildman–Crippen LogP) is 2.93. The van der Waals surface area contributed by atoms with E-state index in [9.17, 15) is 4.79 Å².